The Morgan fingerprint density at radius 2 is 2.14 bits per heavy atom. The van der Waals surface area contributed by atoms with Crippen LogP contribution in [-0.2, 0) is 0 Å². The molecule has 0 amide bonds. The lowest BCUT2D eigenvalue weighted by atomic mass is 9.91. The molecular formula is C17H28N2O2. The predicted octanol–water partition coefficient (Wildman–Crippen LogP) is 2.32. The number of para-hydroxylation sites is 1. The molecule has 4 heteroatoms. The van der Waals surface area contributed by atoms with Gasteiger partial charge in [-0.15, -0.1) is 0 Å². The summed E-state index contributed by atoms with van der Waals surface area (Å²) < 4.78 is 5.53. The Kier molecular flexibility index (Phi) is 6.03. The maximum atomic E-state index is 9.35. The molecule has 3 atom stereocenters. The Bertz CT molecular complexity index is 435. The zero-order valence-corrected chi connectivity index (χ0v) is 13.2. The van der Waals surface area contributed by atoms with Crippen molar-refractivity contribution in [1.82, 2.24) is 4.90 Å². The molecule has 0 bridgehead atoms. The highest BCUT2D eigenvalue weighted by atomic mass is 16.5. The summed E-state index contributed by atoms with van der Waals surface area (Å²) >= 11 is 0. The first-order chi connectivity index (χ1) is 10.2. The van der Waals surface area contributed by atoms with Crippen LogP contribution in [0.15, 0.2) is 24.3 Å². The number of aliphatic hydroxyl groups excluding tert-OH is 1. The Hall–Kier alpha value is -1.10. The molecule has 2 rings (SSSR count). The summed E-state index contributed by atoms with van der Waals surface area (Å²) in [5, 5.41) is 9.35. The van der Waals surface area contributed by atoms with Crippen LogP contribution in [0, 0.1) is 0 Å². The van der Waals surface area contributed by atoms with Gasteiger partial charge in [0.15, 0.2) is 0 Å². The van der Waals surface area contributed by atoms with Crippen molar-refractivity contribution in [3.63, 3.8) is 0 Å². The molecule has 0 spiro atoms. The van der Waals surface area contributed by atoms with Crippen LogP contribution < -0.4 is 10.5 Å². The first-order valence-corrected chi connectivity index (χ1v) is 7.94. The normalized spacial score (nSPS) is 22.8. The minimum atomic E-state index is 0.0144. The van der Waals surface area contributed by atoms with E-state index in [-0.39, 0.29) is 18.7 Å². The van der Waals surface area contributed by atoms with Crippen LogP contribution in [-0.4, -0.2) is 42.4 Å². The van der Waals surface area contributed by atoms with E-state index < -0.39 is 0 Å². The minimum Gasteiger partial charge on any atom is -0.496 e. The van der Waals surface area contributed by atoms with E-state index in [1.807, 2.05) is 18.2 Å². The third kappa shape index (κ3) is 3.76. The summed E-state index contributed by atoms with van der Waals surface area (Å²) in [6, 6.07) is 8.69. The predicted molar refractivity (Wildman–Crippen MR) is 85.4 cm³/mol. The third-order valence-electron chi connectivity index (χ3n) is 4.45. The van der Waals surface area contributed by atoms with Gasteiger partial charge < -0.3 is 15.6 Å². The van der Waals surface area contributed by atoms with Gasteiger partial charge in [0.05, 0.1) is 13.2 Å². The lowest BCUT2D eigenvalue weighted by molar-refractivity contribution is 0.0641. The fourth-order valence-corrected chi connectivity index (χ4v) is 3.52. The van der Waals surface area contributed by atoms with Gasteiger partial charge in [0.2, 0.25) is 0 Å². The molecular weight excluding hydrogens is 264 g/mol. The number of benzene rings is 1. The van der Waals surface area contributed by atoms with Crippen LogP contribution in [0.4, 0.5) is 0 Å². The van der Waals surface area contributed by atoms with Crippen LogP contribution >= 0.6 is 0 Å². The molecule has 1 aromatic rings. The second kappa shape index (κ2) is 7.78. The number of nitrogens with two attached hydrogens (primary N) is 1. The van der Waals surface area contributed by atoms with Crippen molar-refractivity contribution in [2.75, 3.05) is 20.3 Å². The maximum absolute atomic E-state index is 9.35. The fraction of sp³-hybridized carbons (Fsp3) is 0.647. The highest BCUT2D eigenvalue weighted by Gasteiger charge is 2.33. The van der Waals surface area contributed by atoms with Crippen LogP contribution in [0.1, 0.15) is 44.2 Å². The summed E-state index contributed by atoms with van der Waals surface area (Å²) in [6.07, 6.45) is 4.39. The molecule has 1 saturated heterocycles. The van der Waals surface area contributed by atoms with E-state index in [9.17, 15) is 5.11 Å². The van der Waals surface area contributed by atoms with Gasteiger partial charge in [-0.1, -0.05) is 24.6 Å². The zero-order valence-electron chi connectivity index (χ0n) is 13.2. The number of piperidine rings is 1. The molecule has 3 N–H and O–H groups in total. The number of hydrogen-bond acceptors (Lipinski definition) is 4. The van der Waals surface area contributed by atoms with Crippen LogP contribution in [0.5, 0.6) is 5.75 Å². The summed E-state index contributed by atoms with van der Waals surface area (Å²) in [4.78, 5) is 2.47. The lowest BCUT2D eigenvalue weighted by Crippen LogP contribution is -2.48. The second-order valence-corrected chi connectivity index (χ2v) is 5.95. The largest absolute Gasteiger partial charge is 0.496 e. The molecule has 4 nitrogen and oxygen atoms in total. The Balaban J connectivity index is 2.32. The Morgan fingerprint density at radius 1 is 1.38 bits per heavy atom. The van der Waals surface area contributed by atoms with E-state index >= 15 is 0 Å². The van der Waals surface area contributed by atoms with Gasteiger partial charge in [-0.25, -0.2) is 0 Å². The standard InChI is InChI=1S/C17H28N2O2/c1-13(18)17(15-8-3-4-9-16(15)21-2)19-11-6-5-7-14(19)10-12-20/h3-4,8-9,13-14,17,20H,5-7,10-12,18H2,1-2H3. The highest BCUT2D eigenvalue weighted by molar-refractivity contribution is 5.37. The summed E-state index contributed by atoms with van der Waals surface area (Å²) in [5.74, 6) is 0.896. The molecule has 0 aromatic heterocycles. The molecule has 1 aliphatic rings. The lowest BCUT2D eigenvalue weighted by Gasteiger charge is -2.43. The molecule has 0 aliphatic carbocycles. The van der Waals surface area contributed by atoms with Crippen molar-refractivity contribution >= 4 is 0 Å². The summed E-state index contributed by atoms with van der Waals surface area (Å²) in [6.45, 7) is 3.33. The van der Waals surface area contributed by atoms with Gasteiger partial charge in [-0.05, 0) is 38.8 Å². The smallest absolute Gasteiger partial charge is 0.123 e. The third-order valence-corrected chi connectivity index (χ3v) is 4.45. The first kappa shape index (κ1) is 16.3. The summed E-state index contributed by atoms with van der Waals surface area (Å²) in [7, 11) is 1.71. The maximum Gasteiger partial charge on any atom is 0.123 e. The molecule has 1 aromatic carbocycles. The number of nitrogens with zero attached hydrogens (tertiary/aromatic N) is 1. The van der Waals surface area contributed by atoms with Crippen LogP contribution in [0.2, 0.25) is 0 Å². The van der Waals surface area contributed by atoms with Gasteiger partial charge in [-0.3, -0.25) is 4.90 Å². The molecule has 1 fully saturated rings. The number of rotatable bonds is 6. The highest BCUT2D eigenvalue weighted by Crippen LogP contribution is 2.36. The topological polar surface area (TPSA) is 58.7 Å². The van der Waals surface area contributed by atoms with Gasteiger partial charge in [0, 0.05) is 24.3 Å². The quantitative estimate of drug-likeness (QED) is 0.845. The van der Waals surface area contributed by atoms with Gasteiger partial charge in [-0.2, -0.15) is 0 Å². The average Bonchev–Trinajstić information content (AvgIpc) is 2.50. The van der Waals surface area contributed by atoms with Gasteiger partial charge in [0.1, 0.15) is 5.75 Å². The SMILES string of the molecule is COc1ccccc1C(C(C)N)N1CCCCC1CCO. The van der Waals surface area contributed by atoms with Gasteiger partial charge >= 0.3 is 0 Å². The van der Waals surface area contributed by atoms with Gasteiger partial charge in [0.25, 0.3) is 0 Å². The van der Waals surface area contributed by atoms with Crippen LogP contribution in [0.3, 0.4) is 0 Å². The minimum absolute atomic E-state index is 0.0144. The van der Waals surface area contributed by atoms with E-state index in [0.717, 1.165) is 30.7 Å². The van der Waals surface area contributed by atoms with Crippen molar-refractivity contribution in [3.8, 4) is 5.75 Å². The number of methoxy groups -OCH3 is 1. The molecule has 3 unspecified atom stereocenters. The van der Waals surface area contributed by atoms with Crippen molar-refractivity contribution in [2.24, 2.45) is 5.73 Å². The van der Waals surface area contributed by atoms with E-state index in [4.69, 9.17) is 10.5 Å². The van der Waals surface area contributed by atoms with E-state index in [0.29, 0.717) is 6.04 Å². The van der Waals surface area contributed by atoms with Crippen LogP contribution in [0.25, 0.3) is 0 Å². The molecule has 118 valence electrons. The molecule has 1 heterocycles. The van der Waals surface area contributed by atoms with E-state index in [1.165, 1.54) is 12.8 Å². The molecule has 1 aliphatic heterocycles. The molecule has 0 radical (unpaired) electrons. The number of hydrogen-bond donors (Lipinski definition) is 2. The number of aliphatic hydroxyl groups is 1. The van der Waals surface area contributed by atoms with Crippen molar-refractivity contribution in [2.45, 2.75) is 50.7 Å². The second-order valence-electron chi connectivity index (χ2n) is 5.95. The monoisotopic (exact) mass is 292 g/mol. The zero-order chi connectivity index (χ0) is 15.2. The van der Waals surface area contributed by atoms with E-state index in [2.05, 4.69) is 17.9 Å². The number of ether oxygens (including phenoxy) is 1. The number of likely N-dealkylation sites (tertiary alicyclic amines) is 1. The first-order valence-electron chi connectivity index (χ1n) is 7.94. The Morgan fingerprint density at radius 3 is 2.81 bits per heavy atom. The molecule has 0 saturated carbocycles. The average molecular weight is 292 g/mol. The summed E-state index contributed by atoms with van der Waals surface area (Å²) in [5.41, 5.74) is 7.47. The van der Waals surface area contributed by atoms with Crippen molar-refractivity contribution < 1.29 is 9.84 Å². The molecule has 21 heavy (non-hydrogen) atoms. The Labute approximate surface area is 127 Å². The van der Waals surface area contributed by atoms with E-state index in [1.54, 1.807) is 7.11 Å². The fourth-order valence-electron chi connectivity index (χ4n) is 3.52. The van der Waals surface area contributed by atoms with Crippen molar-refractivity contribution in [1.29, 1.82) is 0 Å². The van der Waals surface area contributed by atoms with Crippen molar-refractivity contribution in [3.05, 3.63) is 29.8 Å².